The molecule has 0 fully saturated rings. The first-order valence-electron chi connectivity index (χ1n) is 8.75. The third-order valence-electron chi connectivity index (χ3n) is 4.84. The predicted octanol–water partition coefficient (Wildman–Crippen LogP) is 3.13. The van der Waals surface area contributed by atoms with Gasteiger partial charge in [0.25, 0.3) is 0 Å². The average Bonchev–Trinajstić information content (AvgIpc) is 3.05. The topological polar surface area (TPSA) is 27.3 Å². The van der Waals surface area contributed by atoms with Gasteiger partial charge in [-0.1, -0.05) is 49.4 Å². The number of hydrogen-bond acceptors (Lipinski definition) is 3. The Morgan fingerprint density at radius 2 is 2.00 bits per heavy atom. The molecule has 0 aromatic heterocycles. The van der Waals surface area contributed by atoms with Gasteiger partial charge in [-0.2, -0.15) is 0 Å². The highest BCUT2D eigenvalue weighted by molar-refractivity contribution is 5.59. The zero-order valence-corrected chi connectivity index (χ0v) is 14.1. The van der Waals surface area contributed by atoms with Crippen molar-refractivity contribution in [1.82, 2.24) is 15.5 Å². The maximum Gasteiger partial charge on any atom is 0.182 e. The second-order valence-electron chi connectivity index (χ2n) is 6.80. The van der Waals surface area contributed by atoms with Crippen molar-refractivity contribution in [2.24, 2.45) is 5.92 Å². The largest absolute Gasteiger partial charge is 0.361 e. The fraction of sp³-hybridized carbons (Fsp3) is 0.286. The summed E-state index contributed by atoms with van der Waals surface area (Å²) in [6.45, 7) is 5.60. The molecule has 4 rings (SSSR count). The summed E-state index contributed by atoms with van der Waals surface area (Å²) in [4.78, 5) is 2.58. The van der Waals surface area contributed by atoms with Crippen molar-refractivity contribution in [2.75, 3.05) is 19.6 Å². The molecule has 0 aliphatic carbocycles. The molecule has 1 aromatic rings. The van der Waals surface area contributed by atoms with Crippen LogP contribution in [0.25, 0.3) is 0 Å². The molecule has 3 heterocycles. The van der Waals surface area contributed by atoms with Gasteiger partial charge in [0.1, 0.15) is 0 Å². The second kappa shape index (κ2) is 6.70. The van der Waals surface area contributed by atoms with E-state index in [1.54, 1.807) is 0 Å². The lowest BCUT2D eigenvalue weighted by Crippen LogP contribution is -2.36. The van der Waals surface area contributed by atoms with Crippen LogP contribution >= 0.6 is 0 Å². The van der Waals surface area contributed by atoms with Crippen molar-refractivity contribution in [3.63, 3.8) is 0 Å². The van der Waals surface area contributed by atoms with E-state index in [-0.39, 0.29) is 0 Å². The Hall–Kier alpha value is -2.26. The molecule has 3 heteroatoms. The molecule has 0 saturated heterocycles. The van der Waals surface area contributed by atoms with Crippen LogP contribution in [0.5, 0.6) is 0 Å². The third kappa shape index (κ3) is 3.17. The predicted molar refractivity (Wildman–Crippen MR) is 98.7 cm³/mol. The van der Waals surface area contributed by atoms with Crippen LogP contribution in [0.1, 0.15) is 12.5 Å². The number of fused-ring (bicyclic) bond motifs is 1. The van der Waals surface area contributed by atoms with Crippen LogP contribution in [0.4, 0.5) is 0 Å². The number of nitrogens with zero attached hydrogens (tertiary/aromatic N) is 1. The van der Waals surface area contributed by atoms with Gasteiger partial charge >= 0.3 is 0 Å². The summed E-state index contributed by atoms with van der Waals surface area (Å²) in [5.74, 6) is 0.585. The lowest BCUT2D eigenvalue weighted by Gasteiger charge is -2.32. The molecule has 1 radical (unpaired) electrons. The monoisotopic (exact) mass is 318 g/mol. The molecule has 2 N–H and O–H groups in total. The normalized spacial score (nSPS) is 23.7. The van der Waals surface area contributed by atoms with Gasteiger partial charge in [0.2, 0.25) is 0 Å². The molecular formula is C21H24N3. The number of dihydropyridines is 1. The van der Waals surface area contributed by atoms with Crippen LogP contribution in [0.2, 0.25) is 0 Å². The standard InChI is InChI=1S/C21H24N3/c1-16-12-18(20-13-23-21-19(20)8-5-10-22-21)15-24(14-16)11-9-17-6-3-2-4-7-17/h2-8,10,12-13,16,22-23H,9,11,14-15H2,1H3/t16-/m0/s1. The van der Waals surface area contributed by atoms with E-state index >= 15 is 0 Å². The minimum absolute atomic E-state index is 0.585. The van der Waals surface area contributed by atoms with Gasteiger partial charge in [0.15, 0.2) is 6.17 Å². The summed E-state index contributed by atoms with van der Waals surface area (Å²) < 4.78 is 0. The molecule has 3 aliphatic rings. The molecule has 3 aliphatic heterocycles. The second-order valence-corrected chi connectivity index (χ2v) is 6.80. The van der Waals surface area contributed by atoms with Gasteiger partial charge in [-0.25, -0.2) is 0 Å². The summed E-state index contributed by atoms with van der Waals surface area (Å²) in [6.07, 6.45) is 13.0. The van der Waals surface area contributed by atoms with Crippen LogP contribution in [-0.2, 0) is 6.42 Å². The van der Waals surface area contributed by atoms with Crippen LogP contribution in [0.3, 0.4) is 0 Å². The Bertz CT molecular complexity index is 712. The molecule has 24 heavy (non-hydrogen) atoms. The Kier molecular flexibility index (Phi) is 4.26. The Morgan fingerprint density at radius 3 is 2.88 bits per heavy atom. The molecule has 123 valence electrons. The maximum absolute atomic E-state index is 3.36. The molecule has 1 aromatic carbocycles. The van der Waals surface area contributed by atoms with Crippen LogP contribution < -0.4 is 10.6 Å². The Morgan fingerprint density at radius 1 is 1.12 bits per heavy atom. The first kappa shape index (κ1) is 15.3. The van der Waals surface area contributed by atoms with Crippen molar-refractivity contribution in [1.29, 1.82) is 0 Å². The fourth-order valence-electron chi connectivity index (χ4n) is 3.71. The van der Waals surface area contributed by atoms with Crippen molar-refractivity contribution < 1.29 is 0 Å². The van der Waals surface area contributed by atoms with Gasteiger partial charge in [-0.05, 0) is 35.8 Å². The van der Waals surface area contributed by atoms with Crippen molar-refractivity contribution in [3.05, 3.63) is 89.4 Å². The van der Waals surface area contributed by atoms with E-state index in [0.717, 1.165) is 32.2 Å². The summed E-state index contributed by atoms with van der Waals surface area (Å²) in [7, 11) is 0. The quantitative estimate of drug-likeness (QED) is 0.893. The highest BCUT2D eigenvalue weighted by Gasteiger charge is 2.29. The highest BCUT2D eigenvalue weighted by atomic mass is 15.1. The molecular weight excluding hydrogens is 294 g/mol. The van der Waals surface area contributed by atoms with E-state index in [2.05, 4.69) is 77.2 Å². The number of rotatable bonds is 4. The van der Waals surface area contributed by atoms with E-state index in [1.165, 1.54) is 22.3 Å². The van der Waals surface area contributed by atoms with Gasteiger partial charge < -0.3 is 10.6 Å². The van der Waals surface area contributed by atoms with E-state index in [1.807, 2.05) is 6.20 Å². The van der Waals surface area contributed by atoms with Crippen LogP contribution in [-0.4, -0.2) is 24.5 Å². The first-order chi connectivity index (χ1) is 11.8. The molecule has 0 bridgehead atoms. The summed E-state index contributed by atoms with van der Waals surface area (Å²) >= 11 is 0. The van der Waals surface area contributed by atoms with Crippen LogP contribution in [0.15, 0.2) is 77.7 Å². The highest BCUT2D eigenvalue weighted by Crippen LogP contribution is 2.33. The van der Waals surface area contributed by atoms with Gasteiger partial charge in [-0.3, -0.25) is 4.90 Å². The molecule has 1 atom stereocenters. The zero-order chi connectivity index (χ0) is 16.4. The third-order valence-corrected chi connectivity index (χ3v) is 4.84. The molecule has 3 nitrogen and oxygen atoms in total. The Labute approximate surface area is 144 Å². The van der Waals surface area contributed by atoms with E-state index in [4.69, 9.17) is 0 Å². The molecule has 0 amide bonds. The van der Waals surface area contributed by atoms with E-state index in [0.29, 0.717) is 5.92 Å². The van der Waals surface area contributed by atoms with Gasteiger partial charge in [0.05, 0.1) is 0 Å². The first-order valence-corrected chi connectivity index (χ1v) is 8.75. The maximum atomic E-state index is 3.36. The van der Waals surface area contributed by atoms with E-state index < -0.39 is 0 Å². The van der Waals surface area contributed by atoms with E-state index in [9.17, 15) is 0 Å². The number of nitrogens with one attached hydrogen (secondary N) is 2. The Balaban J connectivity index is 1.45. The summed E-state index contributed by atoms with van der Waals surface area (Å²) in [5.41, 5.74) is 5.47. The SMILES string of the molecule is C[C@H]1C=C(C2=CN[C]3NC=CC=C32)CN(CCc2ccccc2)C1. The van der Waals surface area contributed by atoms with Crippen molar-refractivity contribution in [2.45, 2.75) is 13.3 Å². The lowest BCUT2D eigenvalue weighted by atomic mass is 9.91. The minimum Gasteiger partial charge on any atom is -0.361 e. The molecule has 0 spiro atoms. The van der Waals surface area contributed by atoms with Gasteiger partial charge in [0, 0.05) is 37.0 Å². The molecule has 0 saturated carbocycles. The van der Waals surface area contributed by atoms with Crippen molar-refractivity contribution in [3.8, 4) is 0 Å². The number of allylic oxidation sites excluding steroid dienone is 2. The van der Waals surface area contributed by atoms with Crippen LogP contribution in [0, 0.1) is 12.1 Å². The molecule has 0 unspecified atom stereocenters. The smallest absolute Gasteiger partial charge is 0.182 e. The van der Waals surface area contributed by atoms with Gasteiger partial charge in [-0.15, -0.1) is 0 Å². The van der Waals surface area contributed by atoms with Crippen molar-refractivity contribution >= 4 is 0 Å². The zero-order valence-electron chi connectivity index (χ0n) is 14.1. The number of benzene rings is 1. The average molecular weight is 318 g/mol. The lowest BCUT2D eigenvalue weighted by molar-refractivity contribution is 0.263. The summed E-state index contributed by atoms with van der Waals surface area (Å²) in [6, 6.07) is 10.8. The summed E-state index contributed by atoms with van der Waals surface area (Å²) in [5, 5.41) is 6.64. The minimum atomic E-state index is 0.585. The fourth-order valence-corrected chi connectivity index (χ4v) is 3.71. The number of hydrogen-bond donors (Lipinski definition) is 2.